The number of hydrogen-bond donors (Lipinski definition) is 0. The molecule has 0 bridgehead atoms. The fourth-order valence-corrected chi connectivity index (χ4v) is 5.68. The van der Waals surface area contributed by atoms with E-state index in [9.17, 15) is 9.59 Å². The normalized spacial score (nSPS) is 22.8. The molecule has 1 spiro atoms. The van der Waals surface area contributed by atoms with Crippen molar-refractivity contribution >= 4 is 11.8 Å². The Balaban J connectivity index is 1.32. The third-order valence-corrected chi connectivity index (χ3v) is 7.23. The van der Waals surface area contributed by atoms with Gasteiger partial charge in [-0.25, -0.2) is 0 Å². The molecule has 5 nitrogen and oxygen atoms in total. The van der Waals surface area contributed by atoms with Crippen LogP contribution in [0.4, 0.5) is 0 Å². The lowest BCUT2D eigenvalue weighted by atomic mass is 9.73. The molecule has 152 valence electrons. The quantitative estimate of drug-likeness (QED) is 0.795. The molecular formula is C24H28N2O3. The van der Waals surface area contributed by atoms with Gasteiger partial charge in [0.15, 0.2) is 5.76 Å². The maximum absolute atomic E-state index is 12.8. The van der Waals surface area contributed by atoms with E-state index in [1.807, 2.05) is 9.80 Å². The van der Waals surface area contributed by atoms with E-state index in [1.54, 1.807) is 18.4 Å². The summed E-state index contributed by atoms with van der Waals surface area (Å²) in [4.78, 5) is 29.4. The van der Waals surface area contributed by atoms with Crippen LogP contribution >= 0.6 is 0 Å². The van der Waals surface area contributed by atoms with Crippen molar-refractivity contribution in [1.82, 2.24) is 9.80 Å². The van der Waals surface area contributed by atoms with E-state index in [0.717, 1.165) is 58.3 Å². The van der Waals surface area contributed by atoms with E-state index in [2.05, 4.69) is 24.3 Å². The van der Waals surface area contributed by atoms with Crippen LogP contribution in [0.3, 0.4) is 0 Å². The van der Waals surface area contributed by atoms with E-state index >= 15 is 0 Å². The third kappa shape index (κ3) is 3.26. The highest BCUT2D eigenvalue weighted by Gasteiger charge is 2.46. The van der Waals surface area contributed by atoms with Gasteiger partial charge in [0.1, 0.15) is 0 Å². The Bertz CT molecular complexity index is 891. The zero-order chi connectivity index (χ0) is 19.8. The highest BCUT2D eigenvalue weighted by Crippen LogP contribution is 2.52. The topological polar surface area (TPSA) is 53.8 Å². The van der Waals surface area contributed by atoms with E-state index in [1.165, 1.54) is 11.1 Å². The number of likely N-dealkylation sites (tertiary alicyclic amines) is 2. The molecule has 1 aliphatic carbocycles. The molecule has 0 saturated carbocycles. The number of benzene rings is 1. The Morgan fingerprint density at radius 1 is 0.966 bits per heavy atom. The monoisotopic (exact) mass is 392 g/mol. The lowest BCUT2D eigenvalue weighted by molar-refractivity contribution is -0.130. The van der Waals surface area contributed by atoms with Crippen molar-refractivity contribution in [2.75, 3.05) is 26.2 Å². The van der Waals surface area contributed by atoms with Gasteiger partial charge in [0.05, 0.1) is 6.26 Å². The van der Waals surface area contributed by atoms with Crippen molar-refractivity contribution < 1.29 is 14.0 Å². The predicted octanol–water partition coefficient (Wildman–Crippen LogP) is 3.95. The Morgan fingerprint density at radius 2 is 1.72 bits per heavy atom. The highest BCUT2D eigenvalue weighted by molar-refractivity contribution is 5.91. The van der Waals surface area contributed by atoms with E-state index in [0.29, 0.717) is 24.0 Å². The molecule has 3 heterocycles. The molecule has 2 saturated heterocycles. The van der Waals surface area contributed by atoms with Crippen LogP contribution in [-0.2, 0) is 10.2 Å². The number of amides is 2. The zero-order valence-corrected chi connectivity index (χ0v) is 16.8. The number of carbonyl (C=O) groups is 2. The van der Waals surface area contributed by atoms with Crippen molar-refractivity contribution in [3.05, 3.63) is 59.5 Å². The molecule has 0 N–H and O–H groups in total. The molecule has 2 aromatic rings. The van der Waals surface area contributed by atoms with Crippen LogP contribution in [0.5, 0.6) is 0 Å². The summed E-state index contributed by atoms with van der Waals surface area (Å²) in [5.74, 6) is 1.01. The summed E-state index contributed by atoms with van der Waals surface area (Å²) in [5, 5.41) is 0. The highest BCUT2D eigenvalue weighted by atomic mass is 16.3. The molecule has 1 atom stereocenters. The maximum Gasteiger partial charge on any atom is 0.289 e. The predicted molar refractivity (Wildman–Crippen MR) is 110 cm³/mol. The van der Waals surface area contributed by atoms with Gasteiger partial charge in [0.2, 0.25) is 5.91 Å². The number of furan rings is 1. The fraction of sp³-hybridized carbons (Fsp3) is 0.500. The molecule has 5 rings (SSSR count). The molecule has 0 unspecified atom stereocenters. The second-order valence-corrected chi connectivity index (χ2v) is 8.83. The minimum absolute atomic E-state index is 0.0168. The van der Waals surface area contributed by atoms with Gasteiger partial charge < -0.3 is 14.2 Å². The first kappa shape index (κ1) is 18.5. The standard InChI is InChI=1S/C24H28N2O3/c27-22(25-11-3-4-12-25)16-18-17-24(20-7-2-1-6-19(18)20)9-13-26(14-10-24)23(28)21-8-5-15-29-21/h1-2,5-8,15,18H,3-4,9-14,16-17H2/t18-/m1/s1. The van der Waals surface area contributed by atoms with Gasteiger partial charge in [-0.05, 0) is 66.7 Å². The van der Waals surface area contributed by atoms with Gasteiger partial charge in [-0.2, -0.15) is 0 Å². The lowest BCUT2D eigenvalue weighted by Gasteiger charge is -2.40. The minimum atomic E-state index is -0.0168. The van der Waals surface area contributed by atoms with Crippen LogP contribution in [0.2, 0.25) is 0 Å². The Hall–Kier alpha value is -2.56. The molecule has 0 radical (unpaired) electrons. The van der Waals surface area contributed by atoms with Gasteiger partial charge in [-0.1, -0.05) is 24.3 Å². The van der Waals surface area contributed by atoms with Crippen molar-refractivity contribution in [1.29, 1.82) is 0 Å². The summed E-state index contributed by atoms with van der Waals surface area (Å²) >= 11 is 0. The second kappa shape index (κ2) is 7.36. The van der Waals surface area contributed by atoms with Crippen LogP contribution in [-0.4, -0.2) is 47.8 Å². The molecule has 1 aromatic heterocycles. The molecule has 29 heavy (non-hydrogen) atoms. The van der Waals surface area contributed by atoms with Crippen LogP contribution < -0.4 is 0 Å². The fourth-order valence-electron chi connectivity index (χ4n) is 5.68. The van der Waals surface area contributed by atoms with Crippen LogP contribution in [0.1, 0.15) is 66.1 Å². The molecule has 1 aromatic carbocycles. The first-order chi connectivity index (χ1) is 14.2. The van der Waals surface area contributed by atoms with E-state index < -0.39 is 0 Å². The summed E-state index contributed by atoms with van der Waals surface area (Å²) in [7, 11) is 0. The van der Waals surface area contributed by atoms with Crippen molar-refractivity contribution in [2.24, 2.45) is 0 Å². The zero-order valence-electron chi connectivity index (χ0n) is 16.8. The molecule has 3 aliphatic rings. The minimum Gasteiger partial charge on any atom is -0.459 e. The average Bonchev–Trinajstić information content (AvgIpc) is 3.51. The Morgan fingerprint density at radius 3 is 2.45 bits per heavy atom. The number of fused-ring (bicyclic) bond motifs is 2. The van der Waals surface area contributed by atoms with Gasteiger partial charge in [-0.15, -0.1) is 0 Å². The molecule has 2 aliphatic heterocycles. The maximum atomic E-state index is 12.8. The number of rotatable bonds is 3. The van der Waals surface area contributed by atoms with Gasteiger partial charge in [-0.3, -0.25) is 9.59 Å². The molecule has 2 amide bonds. The van der Waals surface area contributed by atoms with Crippen molar-refractivity contribution in [2.45, 2.75) is 49.9 Å². The summed E-state index contributed by atoms with van der Waals surface area (Å²) in [6.45, 7) is 3.31. The first-order valence-electron chi connectivity index (χ1n) is 10.9. The summed E-state index contributed by atoms with van der Waals surface area (Å²) in [5.41, 5.74) is 2.85. The number of hydrogen-bond acceptors (Lipinski definition) is 3. The smallest absolute Gasteiger partial charge is 0.289 e. The van der Waals surface area contributed by atoms with Crippen LogP contribution in [0.25, 0.3) is 0 Å². The average molecular weight is 392 g/mol. The van der Waals surface area contributed by atoms with E-state index in [4.69, 9.17) is 4.42 Å². The number of nitrogens with zero attached hydrogens (tertiary/aromatic N) is 2. The van der Waals surface area contributed by atoms with Gasteiger partial charge in [0.25, 0.3) is 5.91 Å². The summed E-state index contributed by atoms with van der Waals surface area (Å²) in [6.07, 6.45) is 7.36. The Labute approximate surface area is 171 Å². The first-order valence-corrected chi connectivity index (χ1v) is 10.9. The van der Waals surface area contributed by atoms with Crippen molar-refractivity contribution in [3.8, 4) is 0 Å². The van der Waals surface area contributed by atoms with Crippen LogP contribution in [0.15, 0.2) is 47.1 Å². The number of piperidine rings is 1. The SMILES string of the molecule is O=C(C[C@@H]1CC2(CCN(C(=O)c3ccco3)CC2)c2ccccc21)N1CCCC1. The number of carbonyl (C=O) groups excluding carboxylic acids is 2. The molecular weight excluding hydrogens is 364 g/mol. The molecule has 2 fully saturated rings. The van der Waals surface area contributed by atoms with E-state index in [-0.39, 0.29) is 11.3 Å². The van der Waals surface area contributed by atoms with Crippen molar-refractivity contribution in [3.63, 3.8) is 0 Å². The Kier molecular flexibility index (Phi) is 4.69. The lowest BCUT2D eigenvalue weighted by Crippen LogP contribution is -2.44. The van der Waals surface area contributed by atoms with Gasteiger partial charge >= 0.3 is 0 Å². The molecule has 5 heteroatoms. The van der Waals surface area contributed by atoms with Gasteiger partial charge in [0, 0.05) is 32.6 Å². The third-order valence-electron chi connectivity index (χ3n) is 7.23. The van der Waals surface area contributed by atoms with Crippen LogP contribution in [0, 0.1) is 0 Å². The largest absolute Gasteiger partial charge is 0.459 e. The summed E-state index contributed by atoms with van der Waals surface area (Å²) < 4.78 is 5.30. The second-order valence-electron chi connectivity index (χ2n) is 8.83. The summed E-state index contributed by atoms with van der Waals surface area (Å²) in [6, 6.07) is 12.2.